The molecule has 0 amide bonds. The minimum absolute atomic E-state index is 0.686. The number of rotatable bonds is 2. The lowest BCUT2D eigenvalue weighted by molar-refractivity contribution is 0.0294. The van der Waals surface area contributed by atoms with Crippen molar-refractivity contribution in [2.24, 2.45) is 0 Å². The van der Waals surface area contributed by atoms with E-state index in [4.69, 9.17) is 49.4 Å². The SMILES string of the molecule is c1ccc([Si]23O[Si]4O[Si]5O[Si](O[Si]6O[Si](O[Si](O4)O[Si](c4ccccc4)(O5)O6)O2)O3)cc1. The van der Waals surface area contributed by atoms with E-state index in [2.05, 4.69) is 0 Å². The molecule has 2 aromatic carbocycles. The molecule has 6 saturated heterocycles. The Balaban J connectivity index is 1.36. The summed E-state index contributed by atoms with van der Waals surface area (Å²) in [5, 5.41) is 1.37. The maximum Gasteiger partial charge on any atom is 0.553 e. The highest BCUT2D eigenvalue weighted by atomic mass is 28.6. The number of hydrogen-bond acceptors (Lipinski definition) is 12. The van der Waals surface area contributed by atoms with Crippen LogP contribution in [0.15, 0.2) is 60.7 Å². The zero-order valence-corrected chi connectivity index (χ0v) is 23.7. The molecule has 162 valence electrons. The molecule has 0 unspecified atom stereocenters. The van der Waals surface area contributed by atoms with E-state index >= 15 is 0 Å². The standard InChI is InChI=1S/C12H10O12Si8/c1-3-7-11(8-4-1)31-19-25-13-28-15-26(20-31)16-30-18-27(21-31)17-29(14-25)23-32(22-28,24-30)12-9-5-2-6-10-12/h1-10H. The van der Waals surface area contributed by atoms with Crippen LogP contribution in [0.3, 0.4) is 0 Å². The zero-order valence-electron chi connectivity index (χ0n) is 15.7. The molecule has 6 aliphatic heterocycles. The van der Waals surface area contributed by atoms with Gasteiger partial charge in [0, 0.05) is 10.4 Å². The average molecular weight is 571 g/mol. The quantitative estimate of drug-likeness (QED) is 0.367. The molecule has 0 aromatic heterocycles. The summed E-state index contributed by atoms with van der Waals surface area (Å²) in [4.78, 5) is 0. The third-order valence-electron chi connectivity index (χ3n) is 4.56. The van der Waals surface area contributed by atoms with E-state index in [9.17, 15) is 0 Å². The van der Waals surface area contributed by atoms with Crippen molar-refractivity contribution in [2.45, 2.75) is 0 Å². The van der Waals surface area contributed by atoms with Crippen LogP contribution in [0.5, 0.6) is 0 Å². The van der Waals surface area contributed by atoms with Gasteiger partial charge in [-0.2, -0.15) is 0 Å². The summed E-state index contributed by atoms with van der Waals surface area (Å²) >= 11 is 0. The molecule has 2 aromatic rings. The van der Waals surface area contributed by atoms with Crippen LogP contribution in [0, 0.1) is 0 Å². The third-order valence-corrected chi connectivity index (χ3v) is 25.1. The highest BCUT2D eigenvalue weighted by Gasteiger charge is 2.69. The van der Waals surface area contributed by atoms with Crippen LogP contribution in [0.1, 0.15) is 0 Å². The molecule has 0 saturated carbocycles. The molecular weight excluding hydrogens is 561 g/mol. The first-order chi connectivity index (χ1) is 15.7. The summed E-state index contributed by atoms with van der Waals surface area (Å²) in [5.41, 5.74) is 0. The van der Waals surface area contributed by atoms with Gasteiger partial charge < -0.3 is 49.4 Å². The Labute approximate surface area is 194 Å². The lowest BCUT2D eigenvalue weighted by Gasteiger charge is -2.47. The summed E-state index contributed by atoms with van der Waals surface area (Å²) in [6.07, 6.45) is 0. The predicted octanol–water partition coefficient (Wildman–Crippen LogP) is -2.14. The van der Waals surface area contributed by atoms with Gasteiger partial charge in [-0.1, -0.05) is 60.7 Å². The molecule has 8 rings (SSSR count). The summed E-state index contributed by atoms with van der Waals surface area (Å²) < 4.78 is 74.5. The van der Waals surface area contributed by atoms with Crippen molar-refractivity contribution in [3.05, 3.63) is 60.7 Å². The van der Waals surface area contributed by atoms with Gasteiger partial charge in [-0.25, -0.2) is 0 Å². The molecular formula is C12H10O12Si8. The van der Waals surface area contributed by atoms with Crippen molar-refractivity contribution in [1.82, 2.24) is 0 Å². The minimum Gasteiger partial charge on any atom is -0.369 e. The molecule has 12 nitrogen and oxygen atoms in total. The van der Waals surface area contributed by atoms with Crippen LogP contribution in [-0.2, 0) is 49.4 Å². The summed E-state index contributed by atoms with van der Waals surface area (Å²) in [5.74, 6) is 0. The van der Waals surface area contributed by atoms with E-state index in [0.29, 0.717) is 10.4 Å². The number of benzene rings is 2. The molecule has 32 heavy (non-hydrogen) atoms. The largest absolute Gasteiger partial charge is 0.553 e. The Morgan fingerprint density at radius 1 is 0.375 bits per heavy atom. The molecule has 0 spiro atoms. The smallest absolute Gasteiger partial charge is 0.369 e. The third kappa shape index (κ3) is 3.66. The van der Waals surface area contributed by atoms with Gasteiger partial charge in [-0.15, -0.1) is 0 Å². The van der Waals surface area contributed by atoms with Gasteiger partial charge in [0.15, 0.2) is 0 Å². The molecule has 0 N–H and O–H groups in total. The fourth-order valence-electron chi connectivity index (χ4n) is 3.20. The highest BCUT2D eigenvalue weighted by molar-refractivity contribution is 6.95. The normalized spacial score (nSPS) is 28.8. The van der Waals surface area contributed by atoms with E-state index < -0.39 is 74.8 Å². The van der Waals surface area contributed by atoms with E-state index in [1.807, 2.05) is 60.7 Å². The minimum atomic E-state index is -3.63. The number of hydrogen-bond donors (Lipinski definition) is 0. The van der Waals surface area contributed by atoms with Gasteiger partial charge >= 0.3 is 74.8 Å². The Morgan fingerprint density at radius 2 is 0.625 bits per heavy atom. The molecule has 20 heteroatoms. The molecule has 0 aliphatic carbocycles. The first-order valence-corrected chi connectivity index (χ1v) is 20.0. The van der Waals surface area contributed by atoms with Crippen LogP contribution >= 0.6 is 0 Å². The second-order valence-corrected chi connectivity index (χ2v) is 22.7. The van der Waals surface area contributed by atoms with Gasteiger partial charge in [0.25, 0.3) is 0 Å². The van der Waals surface area contributed by atoms with Crippen LogP contribution in [-0.4, -0.2) is 74.8 Å². The average Bonchev–Trinajstić information content (AvgIpc) is 2.71. The van der Waals surface area contributed by atoms with Crippen molar-refractivity contribution in [3.8, 4) is 0 Å². The van der Waals surface area contributed by atoms with Crippen LogP contribution in [0.25, 0.3) is 0 Å². The van der Waals surface area contributed by atoms with Crippen LogP contribution in [0.2, 0.25) is 0 Å². The molecule has 6 radical (unpaired) electrons. The van der Waals surface area contributed by atoms with E-state index in [1.165, 1.54) is 0 Å². The van der Waals surface area contributed by atoms with Gasteiger partial charge in [-0.3, -0.25) is 0 Å². The van der Waals surface area contributed by atoms with Crippen molar-refractivity contribution in [3.63, 3.8) is 0 Å². The lowest BCUT2D eigenvalue weighted by Crippen LogP contribution is -2.78. The summed E-state index contributed by atoms with van der Waals surface area (Å²) in [7, 11) is -22.1. The predicted molar refractivity (Wildman–Crippen MR) is 111 cm³/mol. The van der Waals surface area contributed by atoms with Crippen molar-refractivity contribution >= 4 is 85.1 Å². The first kappa shape index (κ1) is 21.0. The molecule has 6 aliphatic rings. The van der Waals surface area contributed by atoms with Crippen molar-refractivity contribution in [2.75, 3.05) is 0 Å². The second-order valence-electron chi connectivity index (χ2n) is 6.57. The van der Waals surface area contributed by atoms with Crippen LogP contribution in [0.4, 0.5) is 0 Å². The Kier molecular flexibility index (Phi) is 5.34. The lowest BCUT2D eigenvalue weighted by atomic mass is 10.4. The maximum absolute atomic E-state index is 6.33. The van der Waals surface area contributed by atoms with Gasteiger partial charge in [0.1, 0.15) is 0 Å². The van der Waals surface area contributed by atoms with Crippen LogP contribution < -0.4 is 10.4 Å². The molecule has 0 atom stereocenters. The zero-order chi connectivity index (χ0) is 21.2. The molecule has 6 heterocycles. The van der Waals surface area contributed by atoms with E-state index in [1.54, 1.807) is 0 Å². The van der Waals surface area contributed by atoms with E-state index in [-0.39, 0.29) is 0 Å². The highest BCUT2D eigenvalue weighted by Crippen LogP contribution is 2.32. The van der Waals surface area contributed by atoms with Gasteiger partial charge in [-0.05, 0) is 0 Å². The first-order valence-electron chi connectivity index (χ1n) is 9.22. The summed E-state index contributed by atoms with van der Waals surface area (Å²) in [6, 6.07) is 18.5. The summed E-state index contributed by atoms with van der Waals surface area (Å²) in [6.45, 7) is 0. The Morgan fingerprint density at radius 3 is 0.875 bits per heavy atom. The fourth-order valence-corrected chi connectivity index (χ4v) is 28.8. The monoisotopic (exact) mass is 570 g/mol. The fraction of sp³-hybridized carbons (Fsp3) is 0. The topological polar surface area (TPSA) is 111 Å². The van der Waals surface area contributed by atoms with Gasteiger partial charge in [0.2, 0.25) is 0 Å². The molecule has 8 bridgehead atoms. The van der Waals surface area contributed by atoms with Crippen molar-refractivity contribution in [1.29, 1.82) is 0 Å². The maximum atomic E-state index is 6.33. The molecule has 6 fully saturated rings. The Bertz CT molecular complexity index is 838. The van der Waals surface area contributed by atoms with E-state index in [0.717, 1.165) is 0 Å². The Hall–Kier alpha value is -0.305. The second kappa shape index (κ2) is 8.13. The van der Waals surface area contributed by atoms with Gasteiger partial charge in [0.05, 0.1) is 0 Å². The van der Waals surface area contributed by atoms with Crippen molar-refractivity contribution < 1.29 is 49.4 Å².